The molecule has 0 radical (unpaired) electrons. The van der Waals surface area contributed by atoms with Crippen LogP contribution in [0.25, 0.3) is 11.0 Å². The van der Waals surface area contributed by atoms with Gasteiger partial charge in [0, 0.05) is 0 Å². The van der Waals surface area contributed by atoms with Crippen LogP contribution in [0.15, 0.2) is 30.6 Å². The Morgan fingerprint density at radius 2 is 1.75 bits per heavy atom. The zero-order chi connectivity index (χ0) is 19.2. The number of hydrogen-bond donors (Lipinski definition) is 1. The first kappa shape index (κ1) is 18.7. The largest absolute Gasteiger partial charge is 0.345 e. The summed E-state index contributed by atoms with van der Waals surface area (Å²) in [5.74, 6) is 4.41. The van der Waals surface area contributed by atoms with E-state index in [2.05, 4.69) is 23.8 Å². The van der Waals surface area contributed by atoms with Gasteiger partial charge in [-0.25, -0.2) is 4.98 Å². The minimum Gasteiger partial charge on any atom is -0.345 e. The summed E-state index contributed by atoms with van der Waals surface area (Å²) in [4.78, 5) is 7.07. The number of benzene rings is 1. The zero-order valence-electron chi connectivity index (χ0n) is 17.9. The van der Waals surface area contributed by atoms with Crippen molar-refractivity contribution in [3.8, 4) is 0 Å². The van der Waals surface area contributed by atoms with Gasteiger partial charge in [-0.1, -0.05) is 45.2 Å². The molecule has 0 spiro atoms. The topological polar surface area (TPSA) is 28.7 Å². The third-order valence-electron chi connectivity index (χ3n) is 9.69. The molecule has 152 valence electrons. The highest BCUT2D eigenvalue weighted by Gasteiger charge is 2.56. The summed E-state index contributed by atoms with van der Waals surface area (Å²) in [6.07, 6.45) is 18.8. The summed E-state index contributed by atoms with van der Waals surface area (Å²) in [5.41, 5.74) is 3.61. The van der Waals surface area contributed by atoms with Crippen molar-refractivity contribution in [2.75, 3.05) is 0 Å². The van der Waals surface area contributed by atoms with Gasteiger partial charge in [0.2, 0.25) is 0 Å². The minimum atomic E-state index is 0.741. The molecule has 1 aromatic heterocycles. The Morgan fingerprint density at radius 3 is 2.64 bits per heavy atom. The van der Waals surface area contributed by atoms with Crippen LogP contribution in [-0.2, 0) is 0 Å². The van der Waals surface area contributed by atoms with Crippen LogP contribution in [0.1, 0.15) is 84.5 Å². The van der Waals surface area contributed by atoms with Gasteiger partial charge in [-0.2, -0.15) is 0 Å². The Bertz CT molecular complexity index is 779. The maximum absolute atomic E-state index is 4.06. The molecule has 1 aromatic carbocycles. The molecule has 6 atom stereocenters. The first-order valence-corrected chi connectivity index (χ1v) is 12.0. The lowest BCUT2D eigenvalue weighted by Crippen LogP contribution is -2.51. The van der Waals surface area contributed by atoms with E-state index in [4.69, 9.17) is 0 Å². The van der Waals surface area contributed by atoms with Crippen molar-refractivity contribution in [3.63, 3.8) is 0 Å². The van der Waals surface area contributed by atoms with Crippen LogP contribution in [0.4, 0.5) is 0 Å². The highest BCUT2D eigenvalue weighted by atomic mass is 14.9. The fourth-order valence-electron chi connectivity index (χ4n) is 8.17. The Kier molecular flexibility index (Phi) is 4.80. The van der Waals surface area contributed by atoms with Gasteiger partial charge in [0.25, 0.3) is 0 Å². The molecule has 28 heavy (non-hydrogen) atoms. The number of H-pyrrole nitrogens is 1. The van der Waals surface area contributed by atoms with Crippen LogP contribution < -0.4 is 0 Å². The summed E-state index contributed by atoms with van der Waals surface area (Å²) in [6, 6.07) is 7.94. The molecular formula is C26H38N2. The van der Waals surface area contributed by atoms with Crippen molar-refractivity contribution in [1.82, 2.24) is 9.97 Å². The van der Waals surface area contributed by atoms with E-state index in [1.807, 2.05) is 24.3 Å². The molecule has 2 heteroatoms. The van der Waals surface area contributed by atoms with E-state index >= 15 is 0 Å². The van der Waals surface area contributed by atoms with Crippen molar-refractivity contribution in [2.24, 2.45) is 34.5 Å². The fraction of sp³-hybridized carbons (Fsp3) is 0.731. The first-order valence-electron chi connectivity index (χ1n) is 12.0. The van der Waals surface area contributed by atoms with E-state index in [-0.39, 0.29) is 0 Å². The van der Waals surface area contributed by atoms with Gasteiger partial charge in [0.15, 0.2) is 0 Å². The van der Waals surface area contributed by atoms with E-state index in [0.717, 1.165) is 45.5 Å². The van der Waals surface area contributed by atoms with Gasteiger partial charge in [-0.3, -0.25) is 0 Å². The van der Waals surface area contributed by atoms with Crippen LogP contribution >= 0.6 is 0 Å². The molecule has 0 bridgehead atoms. The summed E-state index contributed by atoms with van der Waals surface area (Å²) in [7, 11) is 0. The highest BCUT2D eigenvalue weighted by molar-refractivity contribution is 5.73. The van der Waals surface area contributed by atoms with E-state index in [9.17, 15) is 0 Å². The standard InChI is InChI=1S/C19H32.C7H6N2/c1-18-11-5-7-16(18)15-9-8-14-6-3-4-12-19(14,2)17(15)10-13-18;1-2-4-7-6(3-1)8-5-9-7/h14-17H,3-13H2,1-2H3;1-5H,(H,8,9)/t14?,15-,16-,17-,18-,19-;/m0./s1. The van der Waals surface area contributed by atoms with Crippen molar-refractivity contribution < 1.29 is 0 Å². The number of imidazole rings is 1. The summed E-state index contributed by atoms with van der Waals surface area (Å²) < 4.78 is 0. The third kappa shape index (κ3) is 3.02. The SMILES string of the molecule is C[C@@]12CCC[C@H]1[C@@H]1CCC3CCCC[C@]3(C)[C@H]1CC2.c1ccc2[nH]cnc2c1. The van der Waals surface area contributed by atoms with Gasteiger partial charge in [-0.15, -0.1) is 0 Å². The maximum atomic E-state index is 4.06. The molecule has 1 unspecified atom stereocenters. The second kappa shape index (κ2) is 7.18. The lowest BCUT2D eigenvalue weighted by molar-refractivity contribution is -0.103. The van der Waals surface area contributed by atoms with Crippen LogP contribution in [0.2, 0.25) is 0 Å². The highest BCUT2D eigenvalue weighted by Crippen LogP contribution is 2.66. The second-order valence-corrected chi connectivity index (χ2v) is 10.9. The number of hydrogen-bond acceptors (Lipinski definition) is 1. The van der Waals surface area contributed by atoms with Crippen LogP contribution in [-0.4, -0.2) is 9.97 Å². The lowest BCUT2D eigenvalue weighted by Gasteiger charge is -2.60. The summed E-state index contributed by atoms with van der Waals surface area (Å²) in [6.45, 7) is 5.33. The fourth-order valence-corrected chi connectivity index (χ4v) is 8.17. The quantitative estimate of drug-likeness (QED) is 0.509. The molecule has 4 aliphatic carbocycles. The number of aromatic amines is 1. The number of fused-ring (bicyclic) bond motifs is 6. The zero-order valence-corrected chi connectivity index (χ0v) is 17.9. The molecule has 4 saturated carbocycles. The monoisotopic (exact) mass is 378 g/mol. The number of nitrogens with one attached hydrogen (secondary N) is 1. The normalized spacial score (nSPS) is 42.1. The Hall–Kier alpha value is -1.31. The molecule has 6 rings (SSSR count). The van der Waals surface area contributed by atoms with Crippen molar-refractivity contribution in [2.45, 2.75) is 84.5 Å². The third-order valence-corrected chi connectivity index (χ3v) is 9.69. The minimum absolute atomic E-state index is 0.741. The second-order valence-electron chi connectivity index (χ2n) is 10.9. The van der Waals surface area contributed by atoms with E-state index < -0.39 is 0 Å². The molecule has 0 saturated heterocycles. The van der Waals surface area contributed by atoms with Gasteiger partial charge >= 0.3 is 0 Å². The van der Waals surface area contributed by atoms with Crippen LogP contribution in [0, 0.1) is 34.5 Å². The van der Waals surface area contributed by atoms with Gasteiger partial charge in [-0.05, 0) is 98.0 Å². The van der Waals surface area contributed by atoms with Crippen LogP contribution in [0.5, 0.6) is 0 Å². The molecular weight excluding hydrogens is 340 g/mol. The summed E-state index contributed by atoms with van der Waals surface area (Å²) >= 11 is 0. The Labute approximate surface area is 170 Å². The van der Waals surface area contributed by atoms with Gasteiger partial charge < -0.3 is 4.98 Å². The Balaban J connectivity index is 0.000000158. The van der Waals surface area contributed by atoms with Crippen LogP contribution in [0.3, 0.4) is 0 Å². The number of rotatable bonds is 0. The van der Waals surface area contributed by atoms with Crippen molar-refractivity contribution in [3.05, 3.63) is 30.6 Å². The predicted octanol–water partition coefficient (Wildman–Crippen LogP) is 7.37. The molecule has 4 fully saturated rings. The lowest BCUT2D eigenvalue weighted by atomic mass is 9.45. The molecule has 1 heterocycles. The average Bonchev–Trinajstić information content (AvgIpc) is 3.34. The molecule has 2 aromatic rings. The average molecular weight is 379 g/mol. The number of nitrogens with zero attached hydrogens (tertiary/aromatic N) is 1. The van der Waals surface area contributed by atoms with E-state index in [1.54, 1.807) is 57.7 Å². The molecule has 0 aliphatic heterocycles. The number of aromatic nitrogens is 2. The van der Waals surface area contributed by atoms with Gasteiger partial charge in [0.05, 0.1) is 17.4 Å². The van der Waals surface area contributed by atoms with Crippen molar-refractivity contribution >= 4 is 11.0 Å². The number of para-hydroxylation sites is 2. The molecule has 0 amide bonds. The van der Waals surface area contributed by atoms with E-state index in [1.165, 1.54) is 19.3 Å². The smallest absolute Gasteiger partial charge is 0.0931 e. The predicted molar refractivity (Wildman–Crippen MR) is 117 cm³/mol. The molecule has 4 aliphatic rings. The molecule has 1 N–H and O–H groups in total. The Morgan fingerprint density at radius 1 is 0.857 bits per heavy atom. The maximum Gasteiger partial charge on any atom is 0.0931 e. The first-order chi connectivity index (χ1) is 13.6. The summed E-state index contributed by atoms with van der Waals surface area (Å²) in [5, 5.41) is 0. The van der Waals surface area contributed by atoms with Crippen molar-refractivity contribution in [1.29, 1.82) is 0 Å². The van der Waals surface area contributed by atoms with Gasteiger partial charge in [0.1, 0.15) is 0 Å². The van der Waals surface area contributed by atoms with E-state index in [0.29, 0.717) is 0 Å². The molecule has 2 nitrogen and oxygen atoms in total.